The van der Waals surface area contributed by atoms with Crippen molar-refractivity contribution in [2.75, 3.05) is 26.6 Å². The molecule has 1 amide bonds. The van der Waals surface area contributed by atoms with Crippen molar-refractivity contribution in [1.82, 2.24) is 14.8 Å². The number of hydrogen-bond donors (Lipinski definition) is 2. The molecule has 166 valence electrons. The van der Waals surface area contributed by atoms with E-state index in [4.69, 9.17) is 31.5 Å². The number of nitrogens with zero attached hydrogens (tertiary/aromatic N) is 3. The van der Waals surface area contributed by atoms with Gasteiger partial charge in [-0.1, -0.05) is 29.8 Å². The van der Waals surface area contributed by atoms with Crippen LogP contribution in [0.4, 0.5) is 5.95 Å². The summed E-state index contributed by atoms with van der Waals surface area (Å²) in [5, 5.41) is 8.29. The van der Waals surface area contributed by atoms with Crippen LogP contribution in [0.5, 0.6) is 17.2 Å². The average molecular weight is 456 g/mol. The maximum absolute atomic E-state index is 12.4. The summed E-state index contributed by atoms with van der Waals surface area (Å²) in [5.41, 5.74) is 7.99. The van der Waals surface area contributed by atoms with Crippen LogP contribution in [0.1, 0.15) is 18.5 Å². The molecule has 0 bridgehead atoms. The second kappa shape index (κ2) is 8.43. The fourth-order valence-electron chi connectivity index (χ4n) is 3.79. The quantitative estimate of drug-likeness (QED) is 0.585. The molecule has 1 aromatic heterocycles. The molecular weight excluding hydrogens is 434 g/mol. The number of carbonyl (C=O) groups excluding carboxylic acids is 1. The molecule has 0 fully saturated rings. The molecule has 1 atom stereocenters. The molecule has 0 spiro atoms. The maximum Gasteiger partial charge on any atom is 0.248 e. The number of hydrogen-bond acceptors (Lipinski definition) is 7. The Labute approximate surface area is 189 Å². The van der Waals surface area contributed by atoms with E-state index in [1.807, 2.05) is 18.2 Å². The molecule has 32 heavy (non-hydrogen) atoms. The fraction of sp³-hybridized carbons (Fsp3) is 0.227. The average Bonchev–Trinajstić information content (AvgIpc) is 3.21. The zero-order valence-corrected chi connectivity index (χ0v) is 18.7. The Kier molecular flexibility index (Phi) is 5.67. The highest BCUT2D eigenvalue weighted by molar-refractivity contribution is 6.31. The van der Waals surface area contributed by atoms with Crippen molar-refractivity contribution in [3.05, 3.63) is 58.3 Å². The lowest BCUT2D eigenvalue weighted by molar-refractivity contribution is -0.115. The van der Waals surface area contributed by atoms with Gasteiger partial charge < -0.3 is 25.3 Å². The van der Waals surface area contributed by atoms with Gasteiger partial charge in [0, 0.05) is 21.8 Å². The Bertz CT molecular complexity index is 1210. The van der Waals surface area contributed by atoms with Gasteiger partial charge >= 0.3 is 0 Å². The van der Waals surface area contributed by atoms with Gasteiger partial charge in [-0.05, 0) is 25.1 Å². The lowest BCUT2D eigenvalue weighted by atomic mass is 9.95. The molecule has 3 N–H and O–H groups in total. The van der Waals surface area contributed by atoms with Gasteiger partial charge in [0.1, 0.15) is 6.04 Å². The van der Waals surface area contributed by atoms with E-state index in [1.54, 1.807) is 29.8 Å². The van der Waals surface area contributed by atoms with Gasteiger partial charge in [-0.2, -0.15) is 4.98 Å². The Morgan fingerprint density at radius 3 is 2.34 bits per heavy atom. The summed E-state index contributed by atoms with van der Waals surface area (Å²) in [6.45, 7) is 1.77. The summed E-state index contributed by atoms with van der Waals surface area (Å²) in [5.74, 6) is 1.66. The molecule has 0 saturated carbocycles. The number of halogens is 1. The first kappa shape index (κ1) is 21.5. The van der Waals surface area contributed by atoms with Crippen molar-refractivity contribution < 1.29 is 19.0 Å². The number of allylic oxidation sites excluding steroid dienone is 1. The first-order valence-corrected chi connectivity index (χ1v) is 10.1. The Balaban J connectivity index is 1.90. The number of nitrogens with two attached hydrogens (primary N) is 1. The third-order valence-corrected chi connectivity index (χ3v) is 5.58. The van der Waals surface area contributed by atoms with Gasteiger partial charge in [0.25, 0.3) is 0 Å². The van der Waals surface area contributed by atoms with E-state index in [2.05, 4.69) is 15.4 Å². The molecule has 0 radical (unpaired) electrons. The van der Waals surface area contributed by atoms with Gasteiger partial charge in [-0.15, -0.1) is 5.10 Å². The predicted molar refractivity (Wildman–Crippen MR) is 120 cm³/mol. The van der Waals surface area contributed by atoms with E-state index in [1.165, 1.54) is 21.3 Å². The van der Waals surface area contributed by atoms with Gasteiger partial charge in [0.2, 0.25) is 17.6 Å². The number of rotatable bonds is 6. The first-order valence-electron chi connectivity index (χ1n) is 9.68. The minimum absolute atomic E-state index is 0.354. The van der Waals surface area contributed by atoms with Crippen LogP contribution in [-0.4, -0.2) is 42.0 Å². The number of ether oxygens (including phenoxy) is 3. The predicted octanol–water partition coefficient (Wildman–Crippen LogP) is 3.40. The highest BCUT2D eigenvalue weighted by Gasteiger charge is 2.34. The number of fused-ring (bicyclic) bond motifs is 1. The second-order valence-electron chi connectivity index (χ2n) is 7.07. The Morgan fingerprint density at radius 2 is 1.78 bits per heavy atom. The summed E-state index contributed by atoms with van der Waals surface area (Å²) >= 11 is 6.47. The van der Waals surface area contributed by atoms with E-state index in [0.717, 1.165) is 0 Å². The molecule has 2 heterocycles. The van der Waals surface area contributed by atoms with Crippen LogP contribution >= 0.6 is 11.6 Å². The summed E-state index contributed by atoms with van der Waals surface area (Å²) in [4.78, 5) is 17.0. The molecule has 0 aliphatic carbocycles. The summed E-state index contributed by atoms with van der Waals surface area (Å²) in [6.07, 6.45) is 0. The zero-order chi connectivity index (χ0) is 23.0. The summed E-state index contributed by atoms with van der Waals surface area (Å²) < 4.78 is 17.9. The Hall–Kier alpha value is -3.72. The second-order valence-corrected chi connectivity index (χ2v) is 7.48. The van der Waals surface area contributed by atoms with Crippen molar-refractivity contribution in [2.24, 2.45) is 5.73 Å². The number of methoxy groups -OCH3 is 3. The van der Waals surface area contributed by atoms with Crippen LogP contribution in [0.25, 0.3) is 11.4 Å². The maximum atomic E-state index is 12.4. The third-order valence-electron chi connectivity index (χ3n) is 5.24. The normalized spacial score (nSPS) is 15.1. The SMILES string of the molecule is COc1cc(-c2nc3n(n2)[C@H](c2ccccc2Cl)C(C(N)=O)=C(C)N3)cc(OC)c1OC. The van der Waals surface area contributed by atoms with Crippen molar-refractivity contribution in [1.29, 1.82) is 0 Å². The summed E-state index contributed by atoms with van der Waals surface area (Å²) in [7, 11) is 4.60. The molecule has 4 rings (SSSR count). The minimum Gasteiger partial charge on any atom is -0.493 e. The topological polar surface area (TPSA) is 114 Å². The Morgan fingerprint density at radius 1 is 1.12 bits per heavy atom. The summed E-state index contributed by atoms with van der Waals surface area (Å²) in [6, 6.07) is 10.1. The van der Waals surface area contributed by atoms with Crippen molar-refractivity contribution in [3.63, 3.8) is 0 Å². The number of nitrogens with one attached hydrogen (secondary N) is 1. The monoisotopic (exact) mass is 455 g/mol. The molecule has 10 heteroatoms. The van der Waals surface area contributed by atoms with Gasteiger partial charge in [0.15, 0.2) is 17.3 Å². The standard InChI is InChI=1S/C22H22ClN5O4/c1-11-17(20(24)29)18(13-7-5-6-8-14(13)23)28-22(25-11)26-21(27-28)12-9-15(30-2)19(32-4)16(10-12)31-3/h5-10,18H,1-4H3,(H2,24,29)(H,25,26,27)/t18-/m1/s1. The van der Waals surface area contributed by atoms with Crippen molar-refractivity contribution in [2.45, 2.75) is 13.0 Å². The van der Waals surface area contributed by atoms with Crippen LogP contribution in [0, 0.1) is 0 Å². The lowest BCUT2D eigenvalue weighted by Gasteiger charge is -2.28. The highest BCUT2D eigenvalue weighted by Crippen LogP contribution is 2.42. The molecule has 2 aromatic carbocycles. The molecule has 0 saturated heterocycles. The number of benzene rings is 2. The zero-order valence-electron chi connectivity index (χ0n) is 18.0. The van der Waals surface area contributed by atoms with Gasteiger partial charge in [-0.25, -0.2) is 4.68 Å². The highest BCUT2D eigenvalue weighted by atomic mass is 35.5. The van der Waals surface area contributed by atoms with Gasteiger partial charge in [-0.3, -0.25) is 4.79 Å². The van der Waals surface area contributed by atoms with Crippen molar-refractivity contribution >= 4 is 23.5 Å². The van der Waals surface area contributed by atoms with E-state index in [0.29, 0.717) is 56.4 Å². The molecule has 1 aliphatic rings. The molecule has 0 unspecified atom stereocenters. The van der Waals surface area contributed by atoms with Gasteiger partial charge in [0.05, 0.1) is 26.9 Å². The number of aromatic nitrogens is 3. The van der Waals surface area contributed by atoms with E-state index >= 15 is 0 Å². The van der Waals surface area contributed by atoms with E-state index in [9.17, 15) is 4.79 Å². The minimum atomic E-state index is -0.638. The molecule has 1 aliphatic heterocycles. The van der Waals surface area contributed by atoms with Crippen molar-refractivity contribution in [3.8, 4) is 28.6 Å². The van der Waals surface area contributed by atoms with Crippen LogP contribution in [0.2, 0.25) is 5.02 Å². The van der Waals surface area contributed by atoms with Crippen LogP contribution in [0.3, 0.4) is 0 Å². The molecule has 9 nitrogen and oxygen atoms in total. The third kappa shape index (κ3) is 3.50. The van der Waals surface area contributed by atoms with E-state index < -0.39 is 11.9 Å². The van der Waals surface area contributed by atoms with Crippen LogP contribution in [0.15, 0.2) is 47.7 Å². The molecular formula is C22H22ClN5O4. The lowest BCUT2D eigenvalue weighted by Crippen LogP contribution is -2.32. The number of amides is 1. The van der Waals surface area contributed by atoms with Crippen LogP contribution in [-0.2, 0) is 4.79 Å². The smallest absolute Gasteiger partial charge is 0.248 e. The van der Waals surface area contributed by atoms with Crippen LogP contribution < -0.4 is 25.3 Å². The number of anilines is 1. The number of carbonyl (C=O) groups is 1. The largest absolute Gasteiger partial charge is 0.493 e. The molecule has 3 aromatic rings. The fourth-order valence-corrected chi connectivity index (χ4v) is 4.03. The number of primary amides is 1. The van der Waals surface area contributed by atoms with E-state index in [-0.39, 0.29) is 0 Å². The first-order chi connectivity index (χ1) is 15.4.